The molecule has 1 fully saturated rings. The van der Waals surface area contributed by atoms with E-state index in [1.165, 1.54) is 14.2 Å². The SMILES string of the molecule is CO[C@@H]1[C@@H](OC)[C@H](O)[C@H](C(O)O)O[C@H]1O. The molecule has 15 heavy (non-hydrogen) atoms. The summed E-state index contributed by atoms with van der Waals surface area (Å²) < 4.78 is 14.6. The van der Waals surface area contributed by atoms with Crippen LogP contribution in [0.1, 0.15) is 0 Å². The van der Waals surface area contributed by atoms with Gasteiger partial charge in [0, 0.05) is 14.2 Å². The van der Waals surface area contributed by atoms with Crippen LogP contribution in [-0.4, -0.2) is 71.6 Å². The average molecular weight is 224 g/mol. The number of ether oxygens (including phenoxy) is 3. The van der Waals surface area contributed by atoms with Gasteiger partial charge in [0.25, 0.3) is 0 Å². The third-order valence-corrected chi connectivity index (χ3v) is 2.41. The Morgan fingerprint density at radius 3 is 2.00 bits per heavy atom. The van der Waals surface area contributed by atoms with Crippen LogP contribution in [0, 0.1) is 0 Å². The number of hydrogen-bond acceptors (Lipinski definition) is 7. The van der Waals surface area contributed by atoms with Crippen molar-refractivity contribution in [1.82, 2.24) is 0 Å². The molecule has 0 aromatic heterocycles. The fraction of sp³-hybridized carbons (Fsp3) is 1.00. The quantitative estimate of drug-likeness (QED) is 0.389. The summed E-state index contributed by atoms with van der Waals surface area (Å²) in [6, 6.07) is 0. The topological polar surface area (TPSA) is 109 Å². The molecule has 1 aliphatic rings. The molecular formula is C8H16O7. The van der Waals surface area contributed by atoms with Crippen LogP contribution in [-0.2, 0) is 14.2 Å². The first kappa shape index (κ1) is 12.8. The average Bonchev–Trinajstić information content (AvgIpc) is 2.19. The molecule has 0 radical (unpaired) electrons. The summed E-state index contributed by atoms with van der Waals surface area (Å²) in [5.74, 6) is 0. The van der Waals surface area contributed by atoms with E-state index in [-0.39, 0.29) is 0 Å². The summed E-state index contributed by atoms with van der Waals surface area (Å²) in [5.41, 5.74) is 0. The Bertz CT molecular complexity index is 197. The number of aliphatic hydroxyl groups excluding tert-OH is 3. The van der Waals surface area contributed by atoms with E-state index >= 15 is 0 Å². The number of rotatable bonds is 3. The van der Waals surface area contributed by atoms with E-state index in [4.69, 9.17) is 24.4 Å². The Hall–Kier alpha value is -0.280. The molecule has 0 amide bonds. The second kappa shape index (κ2) is 5.17. The lowest BCUT2D eigenvalue weighted by molar-refractivity contribution is -0.323. The Balaban J connectivity index is 2.79. The van der Waals surface area contributed by atoms with Crippen molar-refractivity contribution < 1.29 is 34.6 Å². The highest BCUT2D eigenvalue weighted by Gasteiger charge is 2.47. The first-order valence-electron chi connectivity index (χ1n) is 4.46. The molecular weight excluding hydrogens is 208 g/mol. The van der Waals surface area contributed by atoms with Crippen molar-refractivity contribution in [3.63, 3.8) is 0 Å². The van der Waals surface area contributed by atoms with Gasteiger partial charge in [-0.15, -0.1) is 0 Å². The lowest BCUT2D eigenvalue weighted by Crippen LogP contribution is -2.61. The van der Waals surface area contributed by atoms with Crippen LogP contribution in [0.5, 0.6) is 0 Å². The van der Waals surface area contributed by atoms with Gasteiger partial charge in [-0.05, 0) is 0 Å². The van der Waals surface area contributed by atoms with Crippen molar-refractivity contribution in [2.75, 3.05) is 14.2 Å². The summed E-state index contributed by atoms with van der Waals surface area (Å²) >= 11 is 0. The first-order chi connectivity index (χ1) is 7.02. The maximum atomic E-state index is 9.66. The van der Waals surface area contributed by atoms with Gasteiger partial charge in [-0.1, -0.05) is 0 Å². The molecule has 5 atom stereocenters. The number of aliphatic hydroxyl groups is 4. The fourth-order valence-corrected chi connectivity index (χ4v) is 1.63. The van der Waals surface area contributed by atoms with E-state index in [2.05, 4.69) is 0 Å². The van der Waals surface area contributed by atoms with Crippen molar-refractivity contribution >= 4 is 0 Å². The van der Waals surface area contributed by atoms with E-state index in [1.54, 1.807) is 0 Å². The Kier molecular flexibility index (Phi) is 4.41. The van der Waals surface area contributed by atoms with Gasteiger partial charge in [-0.25, -0.2) is 0 Å². The molecule has 0 aromatic carbocycles. The predicted molar refractivity (Wildman–Crippen MR) is 46.7 cm³/mol. The van der Waals surface area contributed by atoms with E-state index < -0.39 is 37.0 Å². The summed E-state index contributed by atoms with van der Waals surface area (Å²) in [5, 5.41) is 36.9. The molecule has 0 aliphatic carbocycles. The fourth-order valence-electron chi connectivity index (χ4n) is 1.63. The van der Waals surface area contributed by atoms with Crippen LogP contribution in [0.4, 0.5) is 0 Å². The zero-order valence-corrected chi connectivity index (χ0v) is 8.48. The molecule has 4 N–H and O–H groups in total. The lowest BCUT2D eigenvalue weighted by atomic mass is 9.98. The third kappa shape index (κ3) is 2.45. The van der Waals surface area contributed by atoms with Gasteiger partial charge in [0.05, 0.1) is 0 Å². The van der Waals surface area contributed by atoms with E-state index in [0.717, 1.165) is 0 Å². The predicted octanol–water partition coefficient (Wildman–Crippen LogP) is -2.59. The minimum Gasteiger partial charge on any atom is -0.387 e. The highest BCUT2D eigenvalue weighted by molar-refractivity contribution is 4.91. The molecule has 0 saturated carbocycles. The van der Waals surface area contributed by atoms with Gasteiger partial charge >= 0.3 is 0 Å². The lowest BCUT2D eigenvalue weighted by Gasteiger charge is -2.41. The van der Waals surface area contributed by atoms with Crippen LogP contribution >= 0.6 is 0 Å². The molecule has 90 valence electrons. The minimum atomic E-state index is -1.90. The zero-order chi connectivity index (χ0) is 11.6. The molecule has 1 heterocycles. The second-order valence-electron chi connectivity index (χ2n) is 3.30. The van der Waals surface area contributed by atoms with Gasteiger partial charge in [-0.2, -0.15) is 0 Å². The van der Waals surface area contributed by atoms with Crippen LogP contribution in [0.2, 0.25) is 0 Å². The standard InChI is InChI=1S/C8H16O7/c1-13-4-3(9)5(7(10)11)15-8(12)6(4)14-2/h3-12H,1-2H3/t3-,4-,5+,6+,8+/m0/s1. The molecule has 0 aromatic rings. The van der Waals surface area contributed by atoms with E-state index in [9.17, 15) is 10.2 Å². The van der Waals surface area contributed by atoms with Gasteiger partial charge in [0.1, 0.15) is 24.4 Å². The molecule has 1 rings (SSSR count). The summed E-state index contributed by atoms with van der Waals surface area (Å²) in [6.45, 7) is 0. The molecule has 0 spiro atoms. The third-order valence-electron chi connectivity index (χ3n) is 2.41. The van der Waals surface area contributed by atoms with Gasteiger partial charge in [-0.3, -0.25) is 0 Å². The van der Waals surface area contributed by atoms with Crippen LogP contribution in [0.15, 0.2) is 0 Å². The van der Waals surface area contributed by atoms with Gasteiger partial charge in [0.15, 0.2) is 12.6 Å². The number of methoxy groups -OCH3 is 2. The van der Waals surface area contributed by atoms with Gasteiger partial charge < -0.3 is 34.6 Å². The summed E-state index contributed by atoms with van der Waals surface area (Å²) in [7, 11) is 2.64. The van der Waals surface area contributed by atoms with Crippen molar-refractivity contribution in [3.8, 4) is 0 Å². The smallest absolute Gasteiger partial charge is 0.184 e. The Morgan fingerprint density at radius 2 is 1.60 bits per heavy atom. The maximum Gasteiger partial charge on any atom is 0.184 e. The van der Waals surface area contributed by atoms with E-state index in [1.807, 2.05) is 0 Å². The van der Waals surface area contributed by atoms with Crippen molar-refractivity contribution in [2.24, 2.45) is 0 Å². The highest BCUT2D eigenvalue weighted by atomic mass is 16.7. The first-order valence-corrected chi connectivity index (χ1v) is 4.46. The second-order valence-corrected chi connectivity index (χ2v) is 3.30. The van der Waals surface area contributed by atoms with E-state index in [0.29, 0.717) is 0 Å². The van der Waals surface area contributed by atoms with Crippen molar-refractivity contribution in [2.45, 2.75) is 37.0 Å². The van der Waals surface area contributed by atoms with Crippen LogP contribution in [0.25, 0.3) is 0 Å². The normalized spacial score (nSPS) is 42.2. The molecule has 7 heteroatoms. The monoisotopic (exact) mass is 224 g/mol. The van der Waals surface area contributed by atoms with Gasteiger partial charge in [0.2, 0.25) is 0 Å². The van der Waals surface area contributed by atoms with Crippen LogP contribution < -0.4 is 0 Å². The number of hydrogen-bond donors (Lipinski definition) is 4. The largest absolute Gasteiger partial charge is 0.387 e. The Labute approximate surface area is 86.8 Å². The summed E-state index contributed by atoms with van der Waals surface area (Å²) in [4.78, 5) is 0. The molecule has 7 nitrogen and oxygen atoms in total. The van der Waals surface area contributed by atoms with Crippen LogP contribution in [0.3, 0.4) is 0 Å². The molecule has 0 bridgehead atoms. The minimum absolute atomic E-state index is 0.875. The Morgan fingerprint density at radius 1 is 1.07 bits per heavy atom. The van der Waals surface area contributed by atoms with Crippen molar-refractivity contribution in [3.05, 3.63) is 0 Å². The van der Waals surface area contributed by atoms with Crippen molar-refractivity contribution in [1.29, 1.82) is 0 Å². The molecule has 0 unspecified atom stereocenters. The highest BCUT2D eigenvalue weighted by Crippen LogP contribution is 2.25. The molecule has 1 saturated heterocycles. The zero-order valence-electron chi connectivity index (χ0n) is 8.48. The summed E-state index contributed by atoms with van der Waals surface area (Å²) in [6.07, 6.45) is -7.65. The maximum absolute atomic E-state index is 9.66. The molecule has 1 aliphatic heterocycles.